The van der Waals surface area contributed by atoms with Crippen LogP contribution in [0.15, 0.2) is 36.7 Å². The molecule has 1 N–H and O–H groups in total. The summed E-state index contributed by atoms with van der Waals surface area (Å²) >= 11 is 0. The third-order valence-electron chi connectivity index (χ3n) is 2.90. The number of carbonyl (C=O) groups is 1. The monoisotopic (exact) mass is 289 g/mol. The molecule has 0 radical (unpaired) electrons. The molecule has 0 bridgehead atoms. The third-order valence-corrected chi connectivity index (χ3v) is 2.90. The molecule has 2 rings (SSSR count). The molecule has 2 aromatic rings. The molecule has 21 heavy (non-hydrogen) atoms. The van der Waals surface area contributed by atoms with Gasteiger partial charge >= 0.3 is 0 Å². The molecule has 1 aromatic carbocycles. The van der Waals surface area contributed by atoms with Crippen molar-refractivity contribution in [3.8, 4) is 11.5 Å². The Morgan fingerprint density at radius 2 is 1.90 bits per heavy atom. The number of rotatable bonds is 7. The number of hydrogen-bond donors (Lipinski definition) is 1. The molecule has 1 amide bonds. The van der Waals surface area contributed by atoms with Gasteiger partial charge in [0.2, 0.25) is 0 Å². The maximum atomic E-state index is 12.0. The summed E-state index contributed by atoms with van der Waals surface area (Å²) in [5.74, 6) is 1.34. The smallest absolute Gasteiger partial charge is 0.260 e. The van der Waals surface area contributed by atoms with Crippen molar-refractivity contribution in [3.05, 3.63) is 42.2 Å². The number of hydrogen-bond acceptors (Lipinski definition) is 4. The number of benzene rings is 1. The van der Waals surface area contributed by atoms with Gasteiger partial charge in [-0.3, -0.25) is 9.89 Å². The molecule has 6 nitrogen and oxygen atoms in total. The zero-order chi connectivity index (χ0) is 15.1. The highest BCUT2D eigenvalue weighted by molar-refractivity contribution is 5.77. The number of likely N-dealkylation sites (N-methyl/N-ethyl adjacent to an activating group) is 1. The first-order chi connectivity index (χ1) is 10.2. The van der Waals surface area contributed by atoms with E-state index in [1.807, 2.05) is 19.1 Å². The molecule has 0 spiro atoms. The number of aromatic nitrogens is 2. The highest BCUT2D eigenvalue weighted by Crippen LogP contribution is 2.17. The minimum absolute atomic E-state index is 0.00231. The molecule has 0 aliphatic carbocycles. The van der Waals surface area contributed by atoms with E-state index >= 15 is 0 Å². The Morgan fingerprint density at radius 3 is 2.48 bits per heavy atom. The van der Waals surface area contributed by atoms with Crippen molar-refractivity contribution < 1.29 is 14.3 Å². The molecular formula is C15H19N3O3. The van der Waals surface area contributed by atoms with E-state index in [0.717, 1.165) is 11.3 Å². The summed E-state index contributed by atoms with van der Waals surface area (Å²) < 4.78 is 10.8. The van der Waals surface area contributed by atoms with Crippen molar-refractivity contribution in [3.63, 3.8) is 0 Å². The number of nitrogens with zero attached hydrogens (tertiary/aromatic N) is 2. The average Bonchev–Trinajstić information content (AvgIpc) is 2.99. The molecule has 0 aliphatic rings. The number of H-pyrrole nitrogens is 1. The van der Waals surface area contributed by atoms with E-state index in [4.69, 9.17) is 9.47 Å². The Kier molecular flexibility index (Phi) is 5.20. The number of ether oxygens (including phenoxy) is 2. The molecule has 0 saturated carbocycles. The van der Waals surface area contributed by atoms with E-state index < -0.39 is 0 Å². The van der Waals surface area contributed by atoms with Crippen LogP contribution in [0.2, 0.25) is 0 Å². The van der Waals surface area contributed by atoms with Crippen molar-refractivity contribution in [2.75, 3.05) is 20.3 Å². The molecule has 6 heteroatoms. The molecule has 112 valence electrons. The molecular weight excluding hydrogens is 270 g/mol. The molecule has 0 unspecified atom stereocenters. The van der Waals surface area contributed by atoms with Crippen molar-refractivity contribution in [2.45, 2.75) is 13.5 Å². The summed E-state index contributed by atoms with van der Waals surface area (Å²) in [4.78, 5) is 13.6. The van der Waals surface area contributed by atoms with Crippen LogP contribution in [0.3, 0.4) is 0 Å². The molecule has 0 aliphatic heterocycles. The van der Waals surface area contributed by atoms with Crippen molar-refractivity contribution in [1.82, 2.24) is 15.1 Å². The van der Waals surface area contributed by atoms with Gasteiger partial charge in [0.1, 0.15) is 11.5 Å². The third kappa shape index (κ3) is 4.52. The van der Waals surface area contributed by atoms with Crippen molar-refractivity contribution >= 4 is 5.91 Å². The summed E-state index contributed by atoms with van der Waals surface area (Å²) in [6, 6.07) is 7.21. The van der Waals surface area contributed by atoms with E-state index in [9.17, 15) is 4.79 Å². The standard InChI is InChI=1S/C15H19N3O3/c1-3-20-13-4-6-14(7-5-13)21-11-15(19)18(2)10-12-8-16-17-9-12/h4-9H,3,10-11H2,1-2H3,(H,16,17). The molecule has 1 aromatic heterocycles. The second-order valence-corrected chi connectivity index (χ2v) is 4.55. The first-order valence-electron chi connectivity index (χ1n) is 6.76. The summed E-state index contributed by atoms with van der Waals surface area (Å²) in [7, 11) is 1.73. The Bertz CT molecular complexity index is 552. The van der Waals surface area contributed by atoms with Gasteiger partial charge in [-0.05, 0) is 31.2 Å². The number of nitrogens with one attached hydrogen (secondary N) is 1. The van der Waals surface area contributed by atoms with Gasteiger partial charge in [-0.2, -0.15) is 5.10 Å². The maximum absolute atomic E-state index is 12.0. The van der Waals surface area contributed by atoms with Crippen LogP contribution in [0.1, 0.15) is 12.5 Å². The van der Waals surface area contributed by atoms with E-state index in [2.05, 4.69) is 10.2 Å². The normalized spacial score (nSPS) is 10.2. The first-order valence-corrected chi connectivity index (χ1v) is 6.76. The summed E-state index contributed by atoms with van der Waals surface area (Å²) in [5.41, 5.74) is 0.951. The van der Waals surface area contributed by atoms with Crippen LogP contribution in [0.25, 0.3) is 0 Å². The van der Waals surface area contributed by atoms with E-state index in [0.29, 0.717) is 18.9 Å². The average molecular weight is 289 g/mol. The second kappa shape index (κ2) is 7.33. The second-order valence-electron chi connectivity index (χ2n) is 4.55. The predicted octanol–water partition coefficient (Wildman–Crippen LogP) is 1.85. The molecule has 0 fully saturated rings. The van der Waals surface area contributed by atoms with Crippen LogP contribution >= 0.6 is 0 Å². The van der Waals surface area contributed by atoms with Crippen LogP contribution in [0, 0.1) is 0 Å². The SMILES string of the molecule is CCOc1ccc(OCC(=O)N(C)Cc2cn[nH]c2)cc1. The zero-order valence-corrected chi connectivity index (χ0v) is 12.2. The van der Waals surface area contributed by atoms with Crippen molar-refractivity contribution in [1.29, 1.82) is 0 Å². The van der Waals surface area contributed by atoms with Crippen LogP contribution in [-0.2, 0) is 11.3 Å². The minimum atomic E-state index is -0.0925. The lowest BCUT2D eigenvalue weighted by molar-refractivity contribution is -0.132. The van der Waals surface area contributed by atoms with Gasteiger partial charge in [0.15, 0.2) is 6.61 Å². The number of amides is 1. The quantitative estimate of drug-likeness (QED) is 0.844. The molecule has 1 heterocycles. The number of aromatic amines is 1. The van der Waals surface area contributed by atoms with E-state index in [1.165, 1.54) is 0 Å². The van der Waals surface area contributed by atoms with Gasteiger partial charge in [-0.15, -0.1) is 0 Å². The van der Waals surface area contributed by atoms with Gasteiger partial charge in [0, 0.05) is 25.4 Å². The van der Waals surface area contributed by atoms with Crippen LogP contribution in [0.5, 0.6) is 11.5 Å². The molecule has 0 atom stereocenters. The summed E-state index contributed by atoms with van der Waals surface area (Å²) in [6.45, 7) is 3.06. The van der Waals surface area contributed by atoms with Gasteiger partial charge in [0.25, 0.3) is 5.91 Å². The largest absolute Gasteiger partial charge is 0.494 e. The fraction of sp³-hybridized carbons (Fsp3) is 0.333. The lowest BCUT2D eigenvalue weighted by Crippen LogP contribution is -2.30. The lowest BCUT2D eigenvalue weighted by Gasteiger charge is -2.16. The Hall–Kier alpha value is -2.50. The fourth-order valence-corrected chi connectivity index (χ4v) is 1.78. The lowest BCUT2D eigenvalue weighted by atomic mass is 10.3. The van der Waals surface area contributed by atoms with Crippen LogP contribution < -0.4 is 9.47 Å². The van der Waals surface area contributed by atoms with Crippen LogP contribution in [0.4, 0.5) is 0 Å². The summed E-state index contributed by atoms with van der Waals surface area (Å²) in [5, 5.41) is 6.56. The van der Waals surface area contributed by atoms with Crippen molar-refractivity contribution in [2.24, 2.45) is 0 Å². The maximum Gasteiger partial charge on any atom is 0.260 e. The van der Waals surface area contributed by atoms with Gasteiger partial charge in [-0.25, -0.2) is 0 Å². The minimum Gasteiger partial charge on any atom is -0.494 e. The molecule has 0 saturated heterocycles. The summed E-state index contributed by atoms with van der Waals surface area (Å²) in [6.07, 6.45) is 3.45. The zero-order valence-electron chi connectivity index (χ0n) is 12.2. The Labute approximate surface area is 123 Å². The van der Waals surface area contributed by atoms with E-state index in [1.54, 1.807) is 36.5 Å². The van der Waals surface area contributed by atoms with Gasteiger partial charge in [0.05, 0.1) is 12.8 Å². The van der Waals surface area contributed by atoms with E-state index in [-0.39, 0.29) is 12.5 Å². The Morgan fingerprint density at radius 1 is 1.24 bits per heavy atom. The highest BCUT2D eigenvalue weighted by atomic mass is 16.5. The number of carbonyl (C=O) groups excluding carboxylic acids is 1. The first kappa shape index (κ1) is 14.9. The van der Waals surface area contributed by atoms with Gasteiger partial charge < -0.3 is 14.4 Å². The topological polar surface area (TPSA) is 67.5 Å². The fourth-order valence-electron chi connectivity index (χ4n) is 1.78. The predicted molar refractivity (Wildman–Crippen MR) is 78.2 cm³/mol. The Balaban J connectivity index is 1.80. The highest BCUT2D eigenvalue weighted by Gasteiger charge is 2.10. The van der Waals surface area contributed by atoms with Gasteiger partial charge in [-0.1, -0.05) is 0 Å². The van der Waals surface area contributed by atoms with Crippen LogP contribution in [-0.4, -0.2) is 41.3 Å².